The Balaban J connectivity index is 1.48. The van der Waals surface area contributed by atoms with E-state index in [0.717, 1.165) is 43.8 Å². The fourth-order valence-corrected chi connectivity index (χ4v) is 12.5. The van der Waals surface area contributed by atoms with Crippen molar-refractivity contribution in [3.05, 3.63) is 192 Å². The van der Waals surface area contributed by atoms with Gasteiger partial charge in [-0.05, 0) is 86.5 Å². The van der Waals surface area contributed by atoms with Gasteiger partial charge < -0.3 is 4.57 Å². The highest BCUT2D eigenvalue weighted by atomic mass is 28.3. The quantitative estimate of drug-likeness (QED) is 0.104. The van der Waals surface area contributed by atoms with E-state index in [0.29, 0.717) is 16.8 Å². The molecule has 0 bridgehead atoms. The first kappa shape index (κ1) is 30.4. The molecule has 4 nitrogen and oxygen atoms in total. The highest BCUT2D eigenvalue weighted by molar-refractivity contribution is 7.20. The van der Waals surface area contributed by atoms with Gasteiger partial charge in [0.05, 0.1) is 40.9 Å². The standard InChI is InChI=1S/C45H28N4Si/c1-48-35-27-34(28-36(29-35)49-43-20-12-11-19-41(43)42-25-32(30-46)22-24-44(42)49)40-23-21-33(31-47)26-45(40)50(37-13-5-2-6-14-37,38-15-7-3-8-16-38)39-17-9-4-10-18-39/h2-29H. The Bertz CT molecular complexity index is 2580. The molecular formula is C45H28N4Si. The number of hydrogen-bond donors (Lipinski definition) is 0. The Kier molecular flexibility index (Phi) is 7.63. The minimum Gasteiger partial charge on any atom is -0.310 e. The highest BCUT2D eigenvalue weighted by Crippen LogP contribution is 2.36. The largest absolute Gasteiger partial charge is 0.310 e. The second-order valence-electron chi connectivity index (χ2n) is 12.3. The molecule has 0 N–H and O–H groups in total. The zero-order valence-corrected chi connectivity index (χ0v) is 28.0. The Morgan fingerprint density at radius 1 is 0.520 bits per heavy atom. The lowest BCUT2D eigenvalue weighted by atomic mass is 10.0. The van der Waals surface area contributed by atoms with Crippen LogP contribution in [0.1, 0.15) is 11.1 Å². The van der Waals surface area contributed by atoms with Crippen molar-refractivity contribution in [1.29, 1.82) is 10.5 Å². The molecule has 232 valence electrons. The summed E-state index contributed by atoms with van der Waals surface area (Å²) in [6.45, 7) is 8.19. The van der Waals surface area contributed by atoms with E-state index in [1.165, 1.54) is 15.6 Å². The van der Waals surface area contributed by atoms with Crippen LogP contribution < -0.4 is 20.7 Å². The molecule has 0 saturated heterocycles. The van der Waals surface area contributed by atoms with Gasteiger partial charge in [-0.15, -0.1) is 0 Å². The van der Waals surface area contributed by atoms with Crippen molar-refractivity contribution in [2.24, 2.45) is 0 Å². The molecule has 0 aliphatic carbocycles. The molecular weight excluding hydrogens is 625 g/mol. The highest BCUT2D eigenvalue weighted by Gasteiger charge is 2.43. The van der Waals surface area contributed by atoms with E-state index in [1.54, 1.807) is 0 Å². The van der Waals surface area contributed by atoms with Crippen LogP contribution in [0.25, 0.3) is 43.5 Å². The Morgan fingerprint density at radius 3 is 1.66 bits per heavy atom. The first-order chi connectivity index (χ1) is 24.6. The van der Waals surface area contributed by atoms with E-state index in [2.05, 4.69) is 125 Å². The Hall–Kier alpha value is -6.97. The van der Waals surface area contributed by atoms with Crippen LogP contribution in [0.4, 0.5) is 5.69 Å². The number of benzene rings is 7. The van der Waals surface area contributed by atoms with Gasteiger partial charge >= 0.3 is 0 Å². The fraction of sp³-hybridized carbons (Fsp3) is 0. The molecule has 7 aromatic carbocycles. The number of nitriles is 2. The molecule has 0 aliphatic heterocycles. The smallest absolute Gasteiger partial charge is 0.189 e. The van der Waals surface area contributed by atoms with E-state index in [4.69, 9.17) is 6.57 Å². The molecule has 1 aromatic heterocycles. The summed E-state index contributed by atoms with van der Waals surface area (Å²) in [5, 5.41) is 26.7. The second-order valence-corrected chi connectivity index (χ2v) is 16.0. The van der Waals surface area contributed by atoms with Crippen LogP contribution >= 0.6 is 0 Å². The third kappa shape index (κ3) is 4.88. The summed E-state index contributed by atoms with van der Waals surface area (Å²) in [7, 11) is -3.05. The zero-order valence-electron chi connectivity index (χ0n) is 27.0. The van der Waals surface area contributed by atoms with E-state index >= 15 is 0 Å². The van der Waals surface area contributed by atoms with Crippen molar-refractivity contribution in [2.75, 3.05) is 0 Å². The maximum Gasteiger partial charge on any atom is 0.189 e. The lowest BCUT2D eigenvalue weighted by molar-refractivity contribution is 1.18. The molecule has 0 fully saturated rings. The molecule has 0 aliphatic rings. The van der Waals surface area contributed by atoms with Gasteiger partial charge in [-0.2, -0.15) is 10.5 Å². The summed E-state index contributed by atoms with van der Waals surface area (Å²) in [6, 6.07) is 62.7. The summed E-state index contributed by atoms with van der Waals surface area (Å²) >= 11 is 0. The van der Waals surface area contributed by atoms with Crippen molar-refractivity contribution in [3.63, 3.8) is 0 Å². The van der Waals surface area contributed by atoms with Gasteiger partial charge in [0.15, 0.2) is 13.8 Å². The van der Waals surface area contributed by atoms with Crippen LogP contribution in [0, 0.1) is 29.2 Å². The summed E-state index contributed by atoms with van der Waals surface area (Å²) in [5.41, 5.74) is 6.37. The maximum atomic E-state index is 10.3. The van der Waals surface area contributed by atoms with E-state index in [9.17, 15) is 10.5 Å². The van der Waals surface area contributed by atoms with Crippen molar-refractivity contribution < 1.29 is 0 Å². The zero-order chi connectivity index (χ0) is 34.1. The maximum absolute atomic E-state index is 10.3. The molecule has 0 saturated carbocycles. The topological polar surface area (TPSA) is 56.9 Å². The van der Waals surface area contributed by atoms with Gasteiger partial charge in [-0.25, -0.2) is 4.85 Å². The van der Waals surface area contributed by atoms with Crippen LogP contribution in [0.5, 0.6) is 0 Å². The molecule has 5 heteroatoms. The number of hydrogen-bond acceptors (Lipinski definition) is 2. The minimum absolute atomic E-state index is 0.513. The molecule has 0 atom stereocenters. The summed E-state index contributed by atoms with van der Waals surface area (Å²) < 4.78 is 2.18. The molecule has 8 rings (SSSR count). The van der Waals surface area contributed by atoms with Crippen molar-refractivity contribution in [3.8, 4) is 29.0 Å². The Labute approximate surface area is 291 Å². The lowest BCUT2D eigenvalue weighted by Gasteiger charge is -2.36. The van der Waals surface area contributed by atoms with Gasteiger partial charge in [0, 0.05) is 16.5 Å². The van der Waals surface area contributed by atoms with Crippen LogP contribution in [0.15, 0.2) is 170 Å². The van der Waals surface area contributed by atoms with Crippen LogP contribution in [-0.4, -0.2) is 12.6 Å². The number of para-hydroxylation sites is 1. The molecule has 0 amide bonds. The minimum atomic E-state index is -3.05. The van der Waals surface area contributed by atoms with Crippen LogP contribution in [0.3, 0.4) is 0 Å². The van der Waals surface area contributed by atoms with Gasteiger partial charge in [0.1, 0.15) is 0 Å². The SMILES string of the molecule is [C-]#[N+]c1cc(-c2ccc(C#N)cc2[Si](c2ccccc2)(c2ccccc2)c2ccccc2)cc(-n2c3ccccc3c3cc(C#N)ccc32)c1. The molecule has 1 heterocycles. The van der Waals surface area contributed by atoms with Crippen molar-refractivity contribution >= 4 is 56.3 Å². The summed E-state index contributed by atoms with van der Waals surface area (Å²) in [6.07, 6.45) is 0. The van der Waals surface area contributed by atoms with Gasteiger partial charge in [0.2, 0.25) is 0 Å². The van der Waals surface area contributed by atoms with Gasteiger partial charge in [-0.1, -0.05) is 115 Å². The lowest BCUT2D eigenvalue weighted by Crippen LogP contribution is -2.75. The first-order valence-electron chi connectivity index (χ1n) is 16.3. The molecule has 0 radical (unpaired) electrons. The number of aromatic nitrogens is 1. The van der Waals surface area contributed by atoms with E-state index < -0.39 is 8.07 Å². The predicted octanol–water partition coefficient (Wildman–Crippen LogP) is 8.12. The molecule has 8 aromatic rings. The molecule has 0 unspecified atom stereocenters. The second kappa shape index (κ2) is 12.6. The third-order valence-corrected chi connectivity index (χ3v) is 14.4. The van der Waals surface area contributed by atoms with Crippen LogP contribution in [-0.2, 0) is 0 Å². The van der Waals surface area contributed by atoms with E-state index in [1.807, 2.05) is 66.7 Å². The number of fused-ring (bicyclic) bond motifs is 3. The summed E-state index contributed by atoms with van der Waals surface area (Å²) in [4.78, 5) is 3.97. The average molecular weight is 653 g/mol. The monoisotopic (exact) mass is 652 g/mol. The first-order valence-corrected chi connectivity index (χ1v) is 18.3. The Morgan fingerprint density at radius 2 is 1.06 bits per heavy atom. The van der Waals surface area contributed by atoms with Gasteiger partial charge in [0.25, 0.3) is 0 Å². The summed E-state index contributed by atoms with van der Waals surface area (Å²) in [5.74, 6) is 0. The number of nitrogens with zero attached hydrogens (tertiary/aromatic N) is 4. The third-order valence-electron chi connectivity index (χ3n) is 9.58. The fourth-order valence-electron chi connectivity index (χ4n) is 7.47. The molecule has 0 spiro atoms. The van der Waals surface area contributed by atoms with Crippen molar-refractivity contribution in [1.82, 2.24) is 4.57 Å². The predicted molar refractivity (Wildman–Crippen MR) is 206 cm³/mol. The molecule has 50 heavy (non-hydrogen) atoms. The normalized spacial score (nSPS) is 11.1. The van der Waals surface area contributed by atoms with E-state index in [-0.39, 0.29) is 0 Å². The van der Waals surface area contributed by atoms with Crippen LogP contribution in [0.2, 0.25) is 0 Å². The number of rotatable bonds is 6. The van der Waals surface area contributed by atoms with Gasteiger partial charge in [-0.3, -0.25) is 0 Å². The van der Waals surface area contributed by atoms with Crippen molar-refractivity contribution in [2.45, 2.75) is 0 Å². The average Bonchev–Trinajstić information content (AvgIpc) is 3.53.